The van der Waals surface area contributed by atoms with E-state index in [0.29, 0.717) is 60.6 Å². The fraction of sp³-hybridized carbons (Fsp3) is 0.440. The Morgan fingerprint density at radius 2 is 1.95 bits per heavy atom. The van der Waals surface area contributed by atoms with Crippen LogP contribution in [0.1, 0.15) is 19.3 Å². The van der Waals surface area contributed by atoms with E-state index in [1.165, 1.54) is 12.4 Å². The molecule has 1 saturated heterocycles. The van der Waals surface area contributed by atoms with Crippen LogP contribution in [-0.4, -0.2) is 80.3 Å². The minimum atomic E-state index is -3.30. The molecule has 200 valence electrons. The van der Waals surface area contributed by atoms with Gasteiger partial charge in [0.2, 0.25) is 10.0 Å². The number of anilines is 2. The Balaban J connectivity index is 1.50. The van der Waals surface area contributed by atoms with Crippen molar-refractivity contribution in [1.29, 1.82) is 0 Å². The highest BCUT2D eigenvalue weighted by Crippen LogP contribution is 2.37. The van der Waals surface area contributed by atoms with Gasteiger partial charge in [-0.1, -0.05) is 17.7 Å². The summed E-state index contributed by atoms with van der Waals surface area (Å²) in [7, 11) is 2.10. The molecule has 1 N–H and O–H groups in total. The fourth-order valence-electron chi connectivity index (χ4n) is 4.24. The monoisotopic (exact) mass is 551 g/mol. The highest BCUT2D eigenvalue weighted by Gasteiger charge is 2.29. The van der Waals surface area contributed by atoms with Crippen molar-refractivity contribution in [1.82, 2.24) is 19.2 Å². The minimum absolute atomic E-state index is 0.000101. The summed E-state index contributed by atoms with van der Waals surface area (Å²) in [5, 5.41) is 3.60. The lowest BCUT2D eigenvalue weighted by Crippen LogP contribution is -2.43. The Morgan fingerprint density at radius 1 is 1.19 bits per heavy atom. The number of benzene rings is 2. The third kappa shape index (κ3) is 6.59. The van der Waals surface area contributed by atoms with Crippen molar-refractivity contribution in [2.75, 3.05) is 51.9 Å². The van der Waals surface area contributed by atoms with E-state index in [9.17, 15) is 12.8 Å². The maximum atomic E-state index is 14.5. The first-order chi connectivity index (χ1) is 17.7. The molecule has 0 radical (unpaired) electrons. The summed E-state index contributed by atoms with van der Waals surface area (Å²) in [5.41, 5.74) is 0.771. The van der Waals surface area contributed by atoms with Gasteiger partial charge in [-0.15, -0.1) is 0 Å². The van der Waals surface area contributed by atoms with Gasteiger partial charge in [0.15, 0.2) is 17.3 Å². The van der Waals surface area contributed by atoms with Crippen molar-refractivity contribution in [2.45, 2.75) is 25.4 Å². The maximum Gasteiger partial charge on any atom is 0.214 e. The van der Waals surface area contributed by atoms with Crippen LogP contribution < -0.4 is 14.8 Å². The molecule has 2 aromatic carbocycles. The Morgan fingerprint density at radius 3 is 2.65 bits per heavy atom. The average molecular weight is 552 g/mol. The molecule has 1 aliphatic rings. The van der Waals surface area contributed by atoms with Gasteiger partial charge in [0.1, 0.15) is 18.2 Å². The smallest absolute Gasteiger partial charge is 0.214 e. The highest BCUT2D eigenvalue weighted by molar-refractivity contribution is 7.89. The highest BCUT2D eigenvalue weighted by atomic mass is 35.5. The third-order valence-electron chi connectivity index (χ3n) is 6.22. The lowest BCUT2D eigenvalue weighted by molar-refractivity contribution is 0.131. The van der Waals surface area contributed by atoms with E-state index in [1.807, 2.05) is 19.0 Å². The zero-order chi connectivity index (χ0) is 26.6. The van der Waals surface area contributed by atoms with Crippen molar-refractivity contribution >= 4 is 44.0 Å². The van der Waals surface area contributed by atoms with Gasteiger partial charge in [-0.05, 0) is 58.1 Å². The summed E-state index contributed by atoms with van der Waals surface area (Å²) in [6.07, 6.45) is 2.89. The average Bonchev–Trinajstić information content (AvgIpc) is 2.86. The second-order valence-electron chi connectivity index (χ2n) is 9.16. The molecular formula is C25H31ClFN5O4S. The third-order valence-corrected chi connectivity index (χ3v) is 8.47. The number of hydrogen-bond donors (Lipinski definition) is 1. The lowest BCUT2D eigenvalue weighted by atomic mass is 10.1. The summed E-state index contributed by atoms with van der Waals surface area (Å²) in [4.78, 5) is 10.6. The van der Waals surface area contributed by atoms with Gasteiger partial charge in [0.05, 0.1) is 29.1 Å². The van der Waals surface area contributed by atoms with Gasteiger partial charge in [0.25, 0.3) is 0 Å². The van der Waals surface area contributed by atoms with Crippen LogP contribution >= 0.6 is 11.6 Å². The van der Waals surface area contributed by atoms with Crippen LogP contribution in [0.5, 0.6) is 11.5 Å². The predicted octanol–water partition coefficient (Wildman–Crippen LogP) is 4.30. The first kappa shape index (κ1) is 27.3. The molecule has 1 aliphatic heterocycles. The van der Waals surface area contributed by atoms with E-state index < -0.39 is 15.8 Å². The number of fused-ring (bicyclic) bond motifs is 1. The van der Waals surface area contributed by atoms with Gasteiger partial charge in [-0.25, -0.2) is 27.1 Å². The van der Waals surface area contributed by atoms with Gasteiger partial charge < -0.3 is 19.7 Å². The SMILES string of the molecule is COc1cc2ncnc(Nc3cccc(Cl)c3F)c2cc1OC1CCN(S(=O)(=O)CCCN(C)C)CC1. The number of aromatic nitrogens is 2. The normalized spacial score (nSPS) is 15.3. The number of piperidine rings is 1. The number of nitrogens with zero attached hydrogens (tertiary/aromatic N) is 4. The van der Waals surface area contributed by atoms with Crippen LogP contribution in [0.15, 0.2) is 36.7 Å². The maximum absolute atomic E-state index is 14.5. The summed E-state index contributed by atoms with van der Waals surface area (Å²) >= 11 is 5.92. The number of nitrogens with one attached hydrogen (secondary N) is 1. The molecule has 1 fully saturated rings. The quantitative estimate of drug-likeness (QED) is 0.398. The van der Waals surface area contributed by atoms with E-state index in [1.54, 1.807) is 35.7 Å². The van der Waals surface area contributed by atoms with Crippen molar-refractivity contribution in [3.8, 4) is 11.5 Å². The molecule has 0 amide bonds. The van der Waals surface area contributed by atoms with E-state index in [-0.39, 0.29) is 22.6 Å². The van der Waals surface area contributed by atoms with Crippen LogP contribution in [0.3, 0.4) is 0 Å². The molecule has 2 heterocycles. The zero-order valence-corrected chi connectivity index (χ0v) is 22.6. The van der Waals surface area contributed by atoms with Crippen LogP contribution in [0.2, 0.25) is 5.02 Å². The summed E-state index contributed by atoms with van der Waals surface area (Å²) in [6.45, 7) is 1.52. The van der Waals surface area contributed by atoms with Gasteiger partial charge in [-0.2, -0.15) is 0 Å². The molecular weight excluding hydrogens is 521 g/mol. The fourth-order valence-corrected chi connectivity index (χ4v) is 5.94. The van der Waals surface area contributed by atoms with Crippen molar-refractivity contribution < 1.29 is 22.3 Å². The lowest BCUT2D eigenvalue weighted by Gasteiger charge is -2.32. The number of methoxy groups -OCH3 is 1. The van der Waals surface area contributed by atoms with E-state index in [0.717, 1.165) is 6.54 Å². The molecule has 3 aromatic rings. The molecule has 1 aromatic heterocycles. The van der Waals surface area contributed by atoms with E-state index in [4.69, 9.17) is 21.1 Å². The first-order valence-electron chi connectivity index (χ1n) is 12.0. The molecule has 12 heteroatoms. The Kier molecular flexibility index (Phi) is 8.68. The molecule has 37 heavy (non-hydrogen) atoms. The first-order valence-corrected chi connectivity index (χ1v) is 14.0. The second-order valence-corrected chi connectivity index (χ2v) is 11.7. The van der Waals surface area contributed by atoms with Crippen LogP contribution in [0.25, 0.3) is 10.9 Å². The van der Waals surface area contributed by atoms with Crippen molar-refractivity contribution in [3.63, 3.8) is 0 Å². The van der Waals surface area contributed by atoms with Crippen LogP contribution in [0, 0.1) is 5.82 Å². The molecule has 4 rings (SSSR count). The summed E-state index contributed by atoms with van der Waals surface area (Å²) in [5.74, 6) is 0.913. The largest absolute Gasteiger partial charge is 0.493 e. The Bertz CT molecular complexity index is 1350. The Labute approximate surface area is 221 Å². The predicted molar refractivity (Wildman–Crippen MR) is 143 cm³/mol. The van der Waals surface area contributed by atoms with Crippen molar-refractivity contribution in [3.05, 3.63) is 47.5 Å². The summed E-state index contributed by atoms with van der Waals surface area (Å²) < 4.78 is 53.2. The van der Waals surface area contributed by atoms with Gasteiger partial charge in [-0.3, -0.25) is 0 Å². The molecule has 0 saturated carbocycles. The van der Waals surface area contributed by atoms with Crippen LogP contribution in [-0.2, 0) is 10.0 Å². The molecule has 9 nitrogen and oxygen atoms in total. The topological polar surface area (TPSA) is 96.9 Å². The van der Waals surface area contributed by atoms with E-state index >= 15 is 0 Å². The Hall–Kier alpha value is -2.73. The molecule has 0 unspecified atom stereocenters. The van der Waals surface area contributed by atoms with Gasteiger partial charge in [0, 0.05) is 24.5 Å². The summed E-state index contributed by atoms with van der Waals surface area (Å²) in [6, 6.07) is 8.17. The second kappa shape index (κ2) is 11.8. The zero-order valence-electron chi connectivity index (χ0n) is 21.1. The molecule has 0 bridgehead atoms. The molecule has 0 aliphatic carbocycles. The minimum Gasteiger partial charge on any atom is -0.493 e. The number of hydrogen-bond acceptors (Lipinski definition) is 8. The van der Waals surface area contributed by atoms with Crippen molar-refractivity contribution in [2.24, 2.45) is 0 Å². The standard InChI is InChI=1S/C25H31ClFN5O4S/c1-31(2)10-5-13-37(33,34)32-11-8-17(9-12-32)36-23-14-18-21(15-22(23)35-3)28-16-29-25(18)30-20-7-4-6-19(26)24(20)27/h4,6-7,14-17H,5,8-13H2,1-3H3,(H,28,29,30). The van der Waals surface area contributed by atoms with Gasteiger partial charge >= 0.3 is 0 Å². The molecule has 0 atom stereocenters. The number of rotatable bonds is 10. The number of halogens is 2. The van der Waals surface area contributed by atoms with E-state index in [2.05, 4.69) is 15.3 Å². The number of ether oxygens (including phenoxy) is 2. The van der Waals surface area contributed by atoms with Crippen LogP contribution in [0.4, 0.5) is 15.9 Å². The number of sulfonamides is 1. The molecule has 0 spiro atoms.